The summed E-state index contributed by atoms with van der Waals surface area (Å²) in [7, 11) is -4.70. The molecule has 2 aromatic carbocycles. The molecule has 0 radical (unpaired) electrons. The molecule has 8 nitrogen and oxygen atoms in total. The molecule has 0 heterocycles. The van der Waals surface area contributed by atoms with Crippen molar-refractivity contribution in [2.24, 2.45) is 0 Å². The van der Waals surface area contributed by atoms with Gasteiger partial charge in [-0.15, -0.1) is 0 Å². The van der Waals surface area contributed by atoms with Gasteiger partial charge in [-0.05, 0) is 34.1 Å². The number of rotatable bonds is 6. The van der Waals surface area contributed by atoms with Gasteiger partial charge in [0.15, 0.2) is 11.5 Å². The lowest BCUT2D eigenvalue weighted by Crippen LogP contribution is -2.32. The number of amides is 1. The Bertz CT molecular complexity index is 1030. The van der Waals surface area contributed by atoms with Crippen molar-refractivity contribution in [1.29, 1.82) is 0 Å². The maximum Gasteiger partial charge on any atom is 0.422 e. The van der Waals surface area contributed by atoms with Crippen LogP contribution in [0.2, 0.25) is 0 Å². The van der Waals surface area contributed by atoms with Gasteiger partial charge in [-0.1, -0.05) is 18.2 Å². The largest absolute Gasteiger partial charge is 0.483 e. The van der Waals surface area contributed by atoms with Gasteiger partial charge < -0.3 is 4.74 Å². The fourth-order valence-electron chi connectivity index (χ4n) is 2.07. The van der Waals surface area contributed by atoms with E-state index in [0.29, 0.717) is 0 Å². The Morgan fingerprint density at radius 2 is 1.82 bits per heavy atom. The first-order valence-corrected chi connectivity index (χ1v) is 9.48. The number of benzene rings is 2. The Labute approximate surface area is 164 Å². The van der Waals surface area contributed by atoms with E-state index in [0.717, 1.165) is 18.2 Å². The highest BCUT2D eigenvalue weighted by Gasteiger charge is 2.31. The van der Waals surface area contributed by atoms with E-state index in [1.807, 2.05) is 0 Å². The quantitative estimate of drug-likeness (QED) is 0.498. The van der Waals surface area contributed by atoms with Crippen LogP contribution in [-0.2, 0) is 10.0 Å². The van der Waals surface area contributed by atoms with Crippen molar-refractivity contribution >= 4 is 37.5 Å². The maximum atomic E-state index is 12.4. The molecule has 28 heavy (non-hydrogen) atoms. The number of nitro groups is 1. The molecule has 0 fully saturated rings. The predicted octanol–water partition coefficient (Wildman–Crippen LogP) is 3.42. The summed E-state index contributed by atoms with van der Waals surface area (Å²) in [6, 6.07) is 7.89. The number of nitrogens with zero attached hydrogens (tertiary/aromatic N) is 1. The van der Waals surface area contributed by atoms with Gasteiger partial charge in [-0.25, -0.2) is 13.1 Å². The second-order valence-electron chi connectivity index (χ2n) is 5.18. The van der Waals surface area contributed by atoms with Gasteiger partial charge in [-0.2, -0.15) is 13.2 Å². The standard InChI is InChI=1S/C15H10BrF3N2O6S/c16-9-4-3-6-11(27-8-15(17,18)19)13(9)14(22)20-28(25,26)12-7-2-1-5-10(12)21(23)24/h1-7H,8H2,(H,20,22). The predicted molar refractivity (Wildman–Crippen MR) is 93.4 cm³/mol. The van der Waals surface area contributed by atoms with Gasteiger partial charge in [0, 0.05) is 10.5 Å². The summed E-state index contributed by atoms with van der Waals surface area (Å²) in [5.41, 5.74) is -1.29. The van der Waals surface area contributed by atoms with Crippen LogP contribution in [0, 0.1) is 10.1 Å². The van der Waals surface area contributed by atoms with Crippen LogP contribution in [0.25, 0.3) is 0 Å². The van der Waals surface area contributed by atoms with Crippen LogP contribution in [0.5, 0.6) is 5.75 Å². The lowest BCUT2D eigenvalue weighted by atomic mass is 10.2. The summed E-state index contributed by atoms with van der Waals surface area (Å²) in [6.07, 6.45) is -4.69. The van der Waals surface area contributed by atoms with Crippen molar-refractivity contribution in [2.75, 3.05) is 6.61 Å². The minimum Gasteiger partial charge on any atom is -0.483 e. The normalized spacial score (nSPS) is 11.7. The topological polar surface area (TPSA) is 116 Å². The average Bonchev–Trinajstić information content (AvgIpc) is 2.58. The Morgan fingerprint density at radius 3 is 2.43 bits per heavy atom. The molecule has 0 unspecified atom stereocenters. The van der Waals surface area contributed by atoms with Crippen LogP contribution in [0.3, 0.4) is 0 Å². The molecule has 1 amide bonds. The van der Waals surface area contributed by atoms with Crippen molar-refractivity contribution in [2.45, 2.75) is 11.1 Å². The van der Waals surface area contributed by atoms with E-state index >= 15 is 0 Å². The number of hydrogen-bond acceptors (Lipinski definition) is 6. The molecule has 0 saturated heterocycles. The molecule has 150 valence electrons. The molecule has 0 bridgehead atoms. The van der Waals surface area contributed by atoms with E-state index in [9.17, 15) is 36.5 Å². The number of nitro benzene ring substituents is 1. The third-order valence-corrected chi connectivity index (χ3v) is 5.21. The van der Waals surface area contributed by atoms with Crippen molar-refractivity contribution in [3.05, 3.63) is 62.6 Å². The molecular formula is C15H10BrF3N2O6S. The van der Waals surface area contributed by atoms with E-state index in [1.54, 1.807) is 4.72 Å². The third kappa shape index (κ3) is 5.19. The van der Waals surface area contributed by atoms with Gasteiger partial charge in [-0.3, -0.25) is 14.9 Å². The van der Waals surface area contributed by atoms with Crippen LogP contribution in [-0.4, -0.2) is 32.0 Å². The fraction of sp³-hybridized carbons (Fsp3) is 0.133. The second-order valence-corrected chi connectivity index (χ2v) is 7.68. The number of sulfonamides is 1. The van der Waals surface area contributed by atoms with Gasteiger partial charge in [0.2, 0.25) is 0 Å². The number of para-hydroxylation sites is 1. The van der Waals surface area contributed by atoms with E-state index in [2.05, 4.69) is 20.7 Å². The molecule has 0 aliphatic heterocycles. The zero-order chi connectivity index (χ0) is 21.1. The summed E-state index contributed by atoms with van der Waals surface area (Å²) < 4.78 is 68.1. The highest BCUT2D eigenvalue weighted by molar-refractivity contribution is 9.10. The number of ether oxygens (including phenoxy) is 1. The van der Waals surface area contributed by atoms with Crippen LogP contribution in [0.15, 0.2) is 51.8 Å². The van der Waals surface area contributed by atoms with Crippen molar-refractivity contribution in [1.82, 2.24) is 4.72 Å². The molecule has 1 N–H and O–H groups in total. The Hall–Kier alpha value is -2.67. The van der Waals surface area contributed by atoms with Gasteiger partial charge in [0.25, 0.3) is 21.6 Å². The van der Waals surface area contributed by atoms with Gasteiger partial charge in [0.1, 0.15) is 5.75 Å². The SMILES string of the molecule is O=C(NS(=O)(=O)c1ccccc1[N+](=O)[O-])c1c(Br)cccc1OCC(F)(F)F. The summed E-state index contributed by atoms with van der Waals surface area (Å²) in [4.78, 5) is 21.7. The molecule has 0 saturated carbocycles. The second kappa shape index (κ2) is 8.14. The fourth-order valence-corrected chi connectivity index (χ4v) is 3.73. The van der Waals surface area contributed by atoms with Gasteiger partial charge in [0.05, 0.1) is 10.5 Å². The van der Waals surface area contributed by atoms with Gasteiger partial charge >= 0.3 is 6.18 Å². The number of carbonyl (C=O) groups excluding carboxylic acids is 1. The van der Waals surface area contributed by atoms with Crippen LogP contribution in [0.4, 0.5) is 18.9 Å². The van der Waals surface area contributed by atoms with Crippen LogP contribution >= 0.6 is 15.9 Å². The highest BCUT2D eigenvalue weighted by Crippen LogP contribution is 2.29. The summed E-state index contributed by atoms with van der Waals surface area (Å²) in [6.45, 7) is -1.71. The van der Waals surface area contributed by atoms with E-state index in [1.165, 1.54) is 24.3 Å². The lowest BCUT2D eigenvalue weighted by Gasteiger charge is -2.14. The molecular weight excluding hydrogens is 473 g/mol. The zero-order valence-electron chi connectivity index (χ0n) is 13.6. The third-order valence-electron chi connectivity index (χ3n) is 3.17. The molecule has 13 heteroatoms. The van der Waals surface area contributed by atoms with Crippen LogP contribution in [0.1, 0.15) is 10.4 Å². The lowest BCUT2D eigenvalue weighted by molar-refractivity contribution is -0.387. The van der Waals surface area contributed by atoms with Crippen LogP contribution < -0.4 is 9.46 Å². The summed E-state index contributed by atoms with van der Waals surface area (Å²) in [5, 5.41) is 11.0. The van der Waals surface area contributed by atoms with E-state index < -0.39 is 55.5 Å². The smallest absolute Gasteiger partial charge is 0.422 e. The first-order chi connectivity index (χ1) is 12.9. The Morgan fingerprint density at radius 1 is 1.18 bits per heavy atom. The Kier molecular flexibility index (Phi) is 6.29. The number of alkyl halides is 3. The molecule has 0 spiro atoms. The molecule has 2 rings (SSSR count). The number of hydrogen-bond donors (Lipinski definition) is 1. The van der Waals surface area contributed by atoms with Crippen molar-refractivity contribution < 1.29 is 36.0 Å². The summed E-state index contributed by atoms with van der Waals surface area (Å²) in [5.74, 6) is -1.86. The van der Waals surface area contributed by atoms with Crippen molar-refractivity contribution in [3.8, 4) is 5.75 Å². The highest BCUT2D eigenvalue weighted by atomic mass is 79.9. The average molecular weight is 483 g/mol. The molecule has 2 aromatic rings. The molecule has 0 atom stereocenters. The minimum absolute atomic E-state index is 0.0394. The van der Waals surface area contributed by atoms with E-state index in [4.69, 9.17) is 0 Å². The van der Waals surface area contributed by atoms with Crippen molar-refractivity contribution in [3.63, 3.8) is 0 Å². The maximum absolute atomic E-state index is 12.4. The molecule has 0 aliphatic carbocycles. The number of carbonyl (C=O) groups is 1. The summed E-state index contributed by atoms with van der Waals surface area (Å²) >= 11 is 2.94. The molecule has 0 aliphatic rings. The minimum atomic E-state index is -4.70. The zero-order valence-corrected chi connectivity index (χ0v) is 16.0. The Balaban J connectivity index is 2.39. The number of nitrogens with one attached hydrogen (secondary N) is 1. The number of halogens is 4. The first kappa shape index (κ1) is 21.6. The molecule has 0 aromatic heterocycles. The first-order valence-electron chi connectivity index (χ1n) is 7.21. The monoisotopic (exact) mass is 482 g/mol. The van der Waals surface area contributed by atoms with E-state index in [-0.39, 0.29) is 4.47 Å².